The summed E-state index contributed by atoms with van der Waals surface area (Å²) >= 11 is 0. The van der Waals surface area contributed by atoms with E-state index in [9.17, 15) is 18.4 Å². The summed E-state index contributed by atoms with van der Waals surface area (Å²) in [4.78, 5) is 24.0. The Morgan fingerprint density at radius 3 is 2.83 bits per heavy atom. The first-order valence-electron chi connectivity index (χ1n) is 7.51. The molecule has 1 saturated heterocycles. The summed E-state index contributed by atoms with van der Waals surface area (Å²) in [5, 5.41) is 2.49. The van der Waals surface area contributed by atoms with Gasteiger partial charge in [-0.05, 0) is 36.6 Å². The molecule has 3 N–H and O–H groups in total. The Morgan fingerprint density at radius 1 is 1.33 bits per heavy atom. The second kappa shape index (κ2) is 6.23. The highest BCUT2D eigenvalue weighted by atomic mass is 19.3. The number of carbonyl (C=O) groups excluding carboxylic acids is 2. The van der Waals surface area contributed by atoms with Crippen LogP contribution >= 0.6 is 0 Å². The molecule has 2 aliphatic rings. The molecule has 1 aromatic rings. The number of nitrogens with two attached hydrogens (primary N) is 1. The largest absolute Gasteiger partial charge is 0.586 e. The van der Waals surface area contributed by atoms with Gasteiger partial charge in [0.2, 0.25) is 0 Å². The van der Waals surface area contributed by atoms with E-state index in [0.717, 1.165) is 25.1 Å². The summed E-state index contributed by atoms with van der Waals surface area (Å²) in [5.74, 6) is -1.52. The lowest BCUT2D eigenvalue weighted by molar-refractivity contribution is -0.286. The summed E-state index contributed by atoms with van der Waals surface area (Å²) in [7, 11) is 0. The molecule has 1 atom stereocenters. The van der Waals surface area contributed by atoms with Crippen LogP contribution in [0.3, 0.4) is 0 Å². The Bertz CT molecular complexity index is 668. The maximum atomic E-state index is 13.0. The Kier molecular flexibility index (Phi) is 4.27. The third kappa shape index (κ3) is 3.73. The molecular formula is C15H17F2N3O4. The number of halogens is 2. The molecular weight excluding hydrogens is 324 g/mol. The molecule has 0 spiro atoms. The lowest BCUT2D eigenvalue weighted by Gasteiger charge is -2.16. The van der Waals surface area contributed by atoms with E-state index in [1.165, 1.54) is 6.07 Å². The second-order valence-corrected chi connectivity index (χ2v) is 5.91. The number of primary amides is 1. The van der Waals surface area contributed by atoms with Crippen molar-refractivity contribution < 1.29 is 27.8 Å². The van der Waals surface area contributed by atoms with E-state index in [-0.39, 0.29) is 17.4 Å². The molecule has 7 nitrogen and oxygen atoms in total. The van der Waals surface area contributed by atoms with Crippen molar-refractivity contribution in [3.63, 3.8) is 0 Å². The van der Waals surface area contributed by atoms with Crippen molar-refractivity contribution in [2.24, 2.45) is 11.7 Å². The van der Waals surface area contributed by atoms with Gasteiger partial charge in [-0.2, -0.15) is 0 Å². The fourth-order valence-corrected chi connectivity index (χ4v) is 2.90. The molecule has 1 fully saturated rings. The highest BCUT2D eigenvalue weighted by molar-refractivity contribution is 6.34. The fraction of sp³-hybridized carbons (Fsp3) is 0.467. The van der Waals surface area contributed by atoms with Gasteiger partial charge in [-0.3, -0.25) is 14.5 Å². The van der Waals surface area contributed by atoms with E-state index in [2.05, 4.69) is 19.7 Å². The SMILES string of the molecule is NC(=O)C(=O)NC[C@H]1CCN(Cc2ccc3c(c2)OC(F)(F)O3)C1. The predicted molar refractivity (Wildman–Crippen MR) is 78.2 cm³/mol. The molecule has 0 aromatic heterocycles. The highest BCUT2D eigenvalue weighted by Gasteiger charge is 2.43. The molecule has 0 saturated carbocycles. The van der Waals surface area contributed by atoms with Gasteiger partial charge in [-0.15, -0.1) is 8.78 Å². The average molecular weight is 341 g/mol. The van der Waals surface area contributed by atoms with Crippen molar-refractivity contribution >= 4 is 11.8 Å². The van der Waals surface area contributed by atoms with Crippen LogP contribution in [0.1, 0.15) is 12.0 Å². The number of nitrogens with one attached hydrogen (secondary N) is 1. The van der Waals surface area contributed by atoms with Gasteiger partial charge < -0.3 is 20.5 Å². The van der Waals surface area contributed by atoms with Crippen LogP contribution in [-0.4, -0.2) is 42.6 Å². The second-order valence-electron chi connectivity index (χ2n) is 5.91. The molecule has 0 aliphatic carbocycles. The van der Waals surface area contributed by atoms with Gasteiger partial charge in [-0.1, -0.05) is 6.07 Å². The number of carbonyl (C=O) groups is 2. The predicted octanol–water partition coefficient (Wildman–Crippen LogP) is 0.431. The normalized spacial score (nSPS) is 21.7. The number of alkyl halides is 2. The van der Waals surface area contributed by atoms with Crippen molar-refractivity contribution in [2.45, 2.75) is 19.3 Å². The molecule has 0 radical (unpaired) electrons. The Labute approximate surface area is 136 Å². The number of rotatable bonds is 4. The molecule has 0 unspecified atom stereocenters. The van der Waals surface area contributed by atoms with Crippen LogP contribution in [0.2, 0.25) is 0 Å². The van der Waals surface area contributed by atoms with Crippen LogP contribution in [0.4, 0.5) is 8.78 Å². The van der Waals surface area contributed by atoms with Crippen molar-refractivity contribution in [1.29, 1.82) is 0 Å². The van der Waals surface area contributed by atoms with Crippen molar-refractivity contribution in [1.82, 2.24) is 10.2 Å². The summed E-state index contributed by atoms with van der Waals surface area (Å²) in [6.45, 7) is 2.49. The standard InChI is InChI=1S/C15H17F2N3O4/c16-15(17)23-11-2-1-9(5-12(11)24-15)7-20-4-3-10(8-20)6-19-14(22)13(18)21/h1-2,5,10H,3-4,6-8H2,(H2,18,21)(H,19,22)/t10-/m1/s1. The minimum absolute atomic E-state index is 0.0252. The van der Waals surface area contributed by atoms with Crippen LogP contribution in [0.25, 0.3) is 0 Å². The third-order valence-electron chi connectivity index (χ3n) is 4.02. The van der Waals surface area contributed by atoms with Gasteiger partial charge in [0, 0.05) is 19.6 Å². The number of fused-ring (bicyclic) bond motifs is 1. The van der Waals surface area contributed by atoms with Crippen molar-refractivity contribution in [3.8, 4) is 11.5 Å². The quantitative estimate of drug-likeness (QED) is 0.775. The lowest BCUT2D eigenvalue weighted by atomic mass is 10.1. The van der Waals surface area contributed by atoms with Crippen LogP contribution in [0, 0.1) is 5.92 Å². The Balaban J connectivity index is 1.51. The number of amides is 2. The Hall–Kier alpha value is -2.42. The Morgan fingerprint density at radius 2 is 2.08 bits per heavy atom. The third-order valence-corrected chi connectivity index (χ3v) is 4.02. The number of benzene rings is 1. The molecule has 2 heterocycles. The first-order valence-corrected chi connectivity index (χ1v) is 7.51. The molecule has 2 aliphatic heterocycles. The number of hydrogen-bond acceptors (Lipinski definition) is 5. The molecule has 1 aromatic carbocycles. The van der Waals surface area contributed by atoms with Crippen LogP contribution in [0.15, 0.2) is 18.2 Å². The van der Waals surface area contributed by atoms with Gasteiger partial charge in [0.15, 0.2) is 11.5 Å². The molecule has 0 bridgehead atoms. The molecule has 24 heavy (non-hydrogen) atoms. The molecule has 2 amide bonds. The van der Waals surface area contributed by atoms with Crippen LogP contribution in [-0.2, 0) is 16.1 Å². The topological polar surface area (TPSA) is 93.9 Å². The minimum atomic E-state index is -3.61. The summed E-state index contributed by atoms with van der Waals surface area (Å²) in [5.41, 5.74) is 5.71. The number of likely N-dealkylation sites (tertiary alicyclic amines) is 1. The zero-order valence-electron chi connectivity index (χ0n) is 12.8. The highest BCUT2D eigenvalue weighted by Crippen LogP contribution is 2.41. The average Bonchev–Trinajstić information content (AvgIpc) is 3.06. The van der Waals surface area contributed by atoms with Gasteiger partial charge in [0.25, 0.3) is 0 Å². The maximum Gasteiger partial charge on any atom is 0.586 e. The van der Waals surface area contributed by atoms with E-state index in [0.29, 0.717) is 13.1 Å². The van der Waals surface area contributed by atoms with E-state index in [4.69, 9.17) is 5.73 Å². The van der Waals surface area contributed by atoms with E-state index >= 15 is 0 Å². The van der Waals surface area contributed by atoms with Crippen LogP contribution < -0.4 is 20.5 Å². The number of ether oxygens (including phenoxy) is 2. The minimum Gasteiger partial charge on any atom is -0.395 e. The zero-order valence-corrected chi connectivity index (χ0v) is 12.8. The van der Waals surface area contributed by atoms with Gasteiger partial charge in [0.05, 0.1) is 0 Å². The summed E-state index contributed by atoms with van der Waals surface area (Å²) in [6.07, 6.45) is -2.75. The van der Waals surface area contributed by atoms with Crippen molar-refractivity contribution in [2.75, 3.05) is 19.6 Å². The van der Waals surface area contributed by atoms with Gasteiger partial charge in [0.1, 0.15) is 0 Å². The molecule has 3 rings (SSSR count). The summed E-state index contributed by atoms with van der Waals surface area (Å²) in [6, 6.07) is 4.72. The zero-order chi connectivity index (χ0) is 17.3. The molecule has 9 heteroatoms. The van der Waals surface area contributed by atoms with E-state index in [1.807, 2.05) is 0 Å². The van der Waals surface area contributed by atoms with Gasteiger partial charge in [-0.25, -0.2) is 0 Å². The first-order chi connectivity index (χ1) is 11.3. The smallest absolute Gasteiger partial charge is 0.395 e. The van der Waals surface area contributed by atoms with Crippen molar-refractivity contribution in [3.05, 3.63) is 23.8 Å². The summed E-state index contributed by atoms with van der Waals surface area (Å²) < 4.78 is 34.8. The number of hydrogen-bond donors (Lipinski definition) is 2. The monoisotopic (exact) mass is 341 g/mol. The van der Waals surface area contributed by atoms with E-state index < -0.39 is 18.1 Å². The van der Waals surface area contributed by atoms with Gasteiger partial charge >= 0.3 is 18.1 Å². The fourth-order valence-electron chi connectivity index (χ4n) is 2.90. The number of nitrogens with zero attached hydrogens (tertiary/aromatic N) is 1. The molecule has 130 valence electrons. The lowest BCUT2D eigenvalue weighted by Crippen LogP contribution is -2.39. The first kappa shape index (κ1) is 16.4. The maximum absolute atomic E-state index is 13.0. The van der Waals surface area contributed by atoms with Crippen LogP contribution in [0.5, 0.6) is 11.5 Å². The van der Waals surface area contributed by atoms with E-state index in [1.54, 1.807) is 12.1 Å².